The van der Waals surface area contributed by atoms with Gasteiger partial charge in [0.2, 0.25) is 0 Å². The van der Waals surface area contributed by atoms with Crippen LogP contribution in [-0.4, -0.2) is 24.2 Å². The maximum absolute atomic E-state index is 12.1. The predicted octanol–water partition coefficient (Wildman–Crippen LogP) is 2.47. The molecule has 2 unspecified atom stereocenters. The number of rotatable bonds is 2. The van der Waals surface area contributed by atoms with Crippen LogP contribution in [0, 0.1) is 0 Å². The normalized spacial score (nSPS) is 26.3. The fraction of sp³-hybridized carbons (Fsp3) is 0.889. The van der Waals surface area contributed by atoms with Gasteiger partial charge >= 0.3 is 6.18 Å². The molecule has 0 amide bonds. The summed E-state index contributed by atoms with van der Waals surface area (Å²) < 4.78 is 41.1. The number of ketones is 1. The Hall–Kier alpha value is -0.580. The van der Waals surface area contributed by atoms with Gasteiger partial charge in [0.15, 0.2) is 6.10 Å². The molecule has 0 saturated heterocycles. The van der Waals surface area contributed by atoms with Gasteiger partial charge in [-0.2, -0.15) is 13.2 Å². The summed E-state index contributed by atoms with van der Waals surface area (Å²) >= 11 is 0. The van der Waals surface area contributed by atoms with Gasteiger partial charge in [0.1, 0.15) is 5.78 Å². The van der Waals surface area contributed by atoms with E-state index in [0.717, 1.165) is 6.92 Å². The van der Waals surface area contributed by atoms with Crippen LogP contribution in [-0.2, 0) is 9.53 Å². The first kappa shape index (κ1) is 11.5. The average Bonchev–Trinajstić information content (AvgIpc) is 2.02. The predicted molar refractivity (Wildman–Crippen MR) is 43.9 cm³/mol. The van der Waals surface area contributed by atoms with Gasteiger partial charge in [0, 0.05) is 12.8 Å². The lowest BCUT2D eigenvalue weighted by molar-refractivity contribution is -0.228. The van der Waals surface area contributed by atoms with Crippen LogP contribution in [0.25, 0.3) is 0 Å². The summed E-state index contributed by atoms with van der Waals surface area (Å²) in [4.78, 5) is 10.9. The molecule has 1 saturated carbocycles. The Morgan fingerprint density at radius 2 is 2.14 bits per heavy atom. The number of hydrogen-bond donors (Lipinski definition) is 0. The summed E-state index contributed by atoms with van der Waals surface area (Å²) in [6.45, 7) is 0.971. The Morgan fingerprint density at radius 1 is 1.50 bits per heavy atom. The number of hydrogen-bond acceptors (Lipinski definition) is 2. The molecule has 0 spiro atoms. The summed E-state index contributed by atoms with van der Waals surface area (Å²) in [5.41, 5.74) is 0. The summed E-state index contributed by atoms with van der Waals surface area (Å²) in [5, 5.41) is 0. The second-order valence-electron chi connectivity index (χ2n) is 3.58. The molecule has 0 aromatic carbocycles. The Bertz CT molecular complexity index is 213. The molecule has 1 aliphatic rings. The SMILES string of the molecule is CC(OC1CCCC(=O)C1)C(F)(F)F. The summed E-state index contributed by atoms with van der Waals surface area (Å²) in [7, 11) is 0. The van der Waals surface area contributed by atoms with Gasteiger partial charge in [-0.15, -0.1) is 0 Å². The van der Waals surface area contributed by atoms with Crippen molar-refractivity contribution in [3.05, 3.63) is 0 Å². The van der Waals surface area contributed by atoms with Gasteiger partial charge in [-0.05, 0) is 19.8 Å². The van der Waals surface area contributed by atoms with E-state index in [4.69, 9.17) is 4.74 Å². The van der Waals surface area contributed by atoms with Crippen molar-refractivity contribution in [2.24, 2.45) is 0 Å². The molecule has 0 bridgehead atoms. The van der Waals surface area contributed by atoms with Gasteiger partial charge < -0.3 is 4.74 Å². The standard InChI is InChI=1S/C9H13F3O2/c1-6(9(10,11)12)14-8-4-2-3-7(13)5-8/h6,8H,2-5H2,1H3. The molecular formula is C9H13F3O2. The molecular weight excluding hydrogens is 197 g/mol. The number of alkyl halides is 3. The van der Waals surface area contributed by atoms with Crippen molar-refractivity contribution in [3.8, 4) is 0 Å². The van der Waals surface area contributed by atoms with Crippen molar-refractivity contribution in [3.63, 3.8) is 0 Å². The topological polar surface area (TPSA) is 26.3 Å². The molecule has 82 valence electrons. The highest BCUT2D eigenvalue weighted by Crippen LogP contribution is 2.27. The molecule has 0 N–H and O–H groups in total. The van der Waals surface area contributed by atoms with Crippen LogP contribution in [0.15, 0.2) is 0 Å². The molecule has 0 aliphatic heterocycles. The van der Waals surface area contributed by atoms with Crippen molar-refractivity contribution >= 4 is 5.78 Å². The molecule has 2 atom stereocenters. The third kappa shape index (κ3) is 3.29. The average molecular weight is 210 g/mol. The third-order valence-corrected chi connectivity index (χ3v) is 2.29. The quantitative estimate of drug-likeness (QED) is 0.699. The molecule has 2 nitrogen and oxygen atoms in total. The van der Waals surface area contributed by atoms with E-state index >= 15 is 0 Å². The summed E-state index contributed by atoms with van der Waals surface area (Å²) in [6, 6.07) is 0. The lowest BCUT2D eigenvalue weighted by atomic mass is 9.96. The van der Waals surface area contributed by atoms with Crippen LogP contribution in [0.3, 0.4) is 0 Å². The first-order valence-corrected chi connectivity index (χ1v) is 4.63. The lowest BCUT2D eigenvalue weighted by Gasteiger charge is -2.26. The number of carbonyl (C=O) groups excluding carboxylic acids is 1. The van der Waals surface area contributed by atoms with Crippen LogP contribution in [0.2, 0.25) is 0 Å². The highest BCUT2D eigenvalue weighted by atomic mass is 19.4. The van der Waals surface area contributed by atoms with Crippen molar-refractivity contribution in [2.75, 3.05) is 0 Å². The number of ether oxygens (including phenoxy) is 1. The Kier molecular flexibility index (Phi) is 3.53. The van der Waals surface area contributed by atoms with Crippen molar-refractivity contribution in [2.45, 2.75) is 51.0 Å². The van der Waals surface area contributed by atoms with Gasteiger partial charge in [0.05, 0.1) is 6.10 Å². The van der Waals surface area contributed by atoms with Crippen molar-refractivity contribution in [1.82, 2.24) is 0 Å². The fourth-order valence-corrected chi connectivity index (χ4v) is 1.47. The lowest BCUT2D eigenvalue weighted by Crippen LogP contribution is -2.35. The minimum absolute atomic E-state index is 0.00405. The molecule has 0 radical (unpaired) electrons. The van der Waals surface area contributed by atoms with E-state index in [0.29, 0.717) is 19.3 Å². The number of halogens is 3. The van der Waals surface area contributed by atoms with Gasteiger partial charge in [-0.25, -0.2) is 0 Å². The zero-order valence-electron chi connectivity index (χ0n) is 7.93. The van der Waals surface area contributed by atoms with Crippen LogP contribution >= 0.6 is 0 Å². The molecule has 1 rings (SSSR count). The third-order valence-electron chi connectivity index (χ3n) is 2.29. The maximum Gasteiger partial charge on any atom is 0.414 e. The minimum Gasteiger partial charge on any atom is -0.365 e. The number of Topliss-reactive ketones (excluding diaryl/α,β-unsaturated/α-hetero) is 1. The molecule has 1 aliphatic carbocycles. The minimum atomic E-state index is -4.33. The Morgan fingerprint density at radius 3 is 2.64 bits per heavy atom. The van der Waals surface area contributed by atoms with Crippen molar-refractivity contribution < 1.29 is 22.7 Å². The Labute approximate surface area is 80.4 Å². The van der Waals surface area contributed by atoms with Crippen molar-refractivity contribution in [1.29, 1.82) is 0 Å². The highest BCUT2D eigenvalue weighted by Gasteiger charge is 2.39. The first-order valence-electron chi connectivity index (χ1n) is 4.63. The van der Waals surface area contributed by atoms with E-state index in [1.165, 1.54) is 0 Å². The maximum atomic E-state index is 12.1. The monoisotopic (exact) mass is 210 g/mol. The molecule has 0 aromatic heterocycles. The summed E-state index contributed by atoms with van der Waals surface area (Å²) in [5.74, 6) is -0.00405. The molecule has 0 aromatic rings. The van der Waals surface area contributed by atoms with E-state index in [1.54, 1.807) is 0 Å². The fourth-order valence-electron chi connectivity index (χ4n) is 1.47. The zero-order valence-corrected chi connectivity index (χ0v) is 7.93. The van der Waals surface area contributed by atoms with E-state index in [-0.39, 0.29) is 12.2 Å². The van der Waals surface area contributed by atoms with E-state index in [9.17, 15) is 18.0 Å². The van der Waals surface area contributed by atoms with Gasteiger partial charge in [-0.3, -0.25) is 4.79 Å². The second kappa shape index (κ2) is 4.29. The van der Waals surface area contributed by atoms with Crippen LogP contribution in [0.5, 0.6) is 0 Å². The van der Waals surface area contributed by atoms with E-state index < -0.39 is 18.4 Å². The second-order valence-corrected chi connectivity index (χ2v) is 3.58. The highest BCUT2D eigenvalue weighted by molar-refractivity contribution is 5.79. The smallest absolute Gasteiger partial charge is 0.365 e. The molecule has 14 heavy (non-hydrogen) atoms. The molecule has 1 fully saturated rings. The first-order chi connectivity index (χ1) is 6.39. The van der Waals surface area contributed by atoms with Crippen LogP contribution in [0.1, 0.15) is 32.6 Å². The Balaban J connectivity index is 2.40. The van der Waals surface area contributed by atoms with Crippen LogP contribution in [0.4, 0.5) is 13.2 Å². The molecule has 0 heterocycles. The number of carbonyl (C=O) groups is 1. The molecule has 5 heteroatoms. The zero-order chi connectivity index (χ0) is 10.8. The van der Waals surface area contributed by atoms with E-state index in [2.05, 4.69) is 0 Å². The van der Waals surface area contributed by atoms with E-state index in [1.807, 2.05) is 0 Å². The van der Waals surface area contributed by atoms with Gasteiger partial charge in [0.25, 0.3) is 0 Å². The van der Waals surface area contributed by atoms with Gasteiger partial charge in [-0.1, -0.05) is 0 Å². The largest absolute Gasteiger partial charge is 0.414 e. The summed E-state index contributed by atoms with van der Waals surface area (Å²) in [6.07, 6.45) is -4.88. The van der Waals surface area contributed by atoms with Crippen LogP contribution < -0.4 is 0 Å².